The summed E-state index contributed by atoms with van der Waals surface area (Å²) in [4.78, 5) is 7.53. The minimum absolute atomic E-state index is 0.787. The van der Waals surface area contributed by atoms with Crippen LogP contribution in [0.2, 0.25) is 0 Å². The van der Waals surface area contributed by atoms with E-state index in [1.165, 1.54) is 4.88 Å². The third-order valence-corrected chi connectivity index (χ3v) is 2.99. The van der Waals surface area contributed by atoms with Gasteiger partial charge in [0.05, 0.1) is 0 Å². The fourth-order valence-corrected chi connectivity index (χ4v) is 1.91. The number of aromatic nitrogens is 1. The summed E-state index contributed by atoms with van der Waals surface area (Å²) in [5.41, 5.74) is 0. The van der Waals surface area contributed by atoms with Gasteiger partial charge in [-0.25, -0.2) is 4.98 Å². The van der Waals surface area contributed by atoms with E-state index in [1.54, 1.807) is 11.3 Å². The SMILES string of the molecule is C=C(Br)CNCc1cnc(N(C)C)s1. The Morgan fingerprint density at radius 2 is 2.43 bits per heavy atom. The molecule has 0 unspecified atom stereocenters. The van der Waals surface area contributed by atoms with Gasteiger partial charge in [-0.2, -0.15) is 0 Å². The van der Waals surface area contributed by atoms with Gasteiger partial charge < -0.3 is 10.2 Å². The van der Waals surface area contributed by atoms with E-state index in [0.29, 0.717) is 0 Å². The molecule has 0 aromatic carbocycles. The first-order chi connectivity index (χ1) is 6.59. The summed E-state index contributed by atoms with van der Waals surface area (Å²) in [5, 5.41) is 4.30. The second-order valence-electron chi connectivity index (χ2n) is 3.12. The summed E-state index contributed by atoms with van der Waals surface area (Å²) in [6.07, 6.45) is 1.91. The normalized spacial score (nSPS) is 10.2. The Balaban J connectivity index is 2.40. The predicted octanol–water partition coefficient (Wildman–Crippen LogP) is 2.21. The maximum atomic E-state index is 4.28. The van der Waals surface area contributed by atoms with Crippen LogP contribution in [0.4, 0.5) is 5.13 Å². The molecule has 0 atom stereocenters. The Kier molecular flexibility index (Phi) is 4.57. The van der Waals surface area contributed by atoms with Gasteiger partial charge in [-0.1, -0.05) is 22.5 Å². The smallest absolute Gasteiger partial charge is 0.185 e. The van der Waals surface area contributed by atoms with Gasteiger partial charge in [-0.05, 0) is 0 Å². The second-order valence-corrected chi connectivity index (χ2v) is 5.34. The van der Waals surface area contributed by atoms with Gasteiger partial charge in [-0.3, -0.25) is 0 Å². The molecule has 1 aromatic heterocycles. The number of nitrogens with one attached hydrogen (secondary N) is 1. The lowest BCUT2D eigenvalue weighted by Gasteiger charge is -2.05. The number of halogens is 1. The molecule has 1 rings (SSSR count). The number of hydrogen-bond acceptors (Lipinski definition) is 4. The van der Waals surface area contributed by atoms with Crippen LogP contribution in [0, 0.1) is 0 Å². The van der Waals surface area contributed by atoms with Crippen LogP contribution in [0.15, 0.2) is 17.3 Å². The van der Waals surface area contributed by atoms with Crippen LogP contribution in [0.25, 0.3) is 0 Å². The molecule has 78 valence electrons. The Hall–Kier alpha value is -0.390. The van der Waals surface area contributed by atoms with Crippen LogP contribution in [-0.4, -0.2) is 25.6 Å². The van der Waals surface area contributed by atoms with Gasteiger partial charge in [0.2, 0.25) is 0 Å². The molecule has 0 aliphatic carbocycles. The average Bonchev–Trinajstić information content (AvgIpc) is 2.52. The van der Waals surface area contributed by atoms with Gasteiger partial charge in [0.1, 0.15) is 0 Å². The molecule has 1 N–H and O–H groups in total. The predicted molar refractivity (Wildman–Crippen MR) is 66.2 cm³/mol. The van der Waals surface area contributed by atoms with Crippen molar-refractivity contribution in [3.63, 3.8) is 0 Å². The molecule has 1 heterocycles. The van der Waals surface area contributed by atoms with Crippen molar-refractivity contribution >= 4 is 32.4 Å². The molecule has 0 amide bonds. The Bertz CT molecular complexity index is 309. The number of anilines is 1. The zero-order valence-corrected chi connectivity index (χ0v) is 10.8. The molecule has 0 spiro atoms. The highest BCUT2D eigenvalue weighted by atomic mass is 79.9. The summed E-state index contributed by atoms with van der Waals surface area (Å²) in [6, 6.07) is 0. The largest absolute Gasteiger partial charge is 0.354 e. The van der Waals surface area contributed by atoms with Crippen molar-refractivity contribution in [1.82, 2.24) is 10.3 Å². The molecule has 3 nitrogen and oxygen atoms in total. The van der Waals surface area contributed by atoms with E-state index in [0.717, 1.165) is 22.7 Å². The van der Waals surface area contributed by atoms with Crippen molar-refractivity contribution in [3.05, 3.63) is 22.1 Å². The third-order valence-electron chi connectivity index (χ3n) is 1.54. The molecule has 0 saturated carbocycles. The number of hydrogen-bond donors (Lipinski definition) is 1. The van der Waals surface area contributed by atoms with E-state index in [2.05, 4.69) is 32.8 Å². The van der Waals surface area contributed by atoms with Crippen LogP contribution in [0.1, 0.15) is 4.88 Å². The minimum atomic E-state index is 0.787. The van der Waals surface area contributed by atoms with Crippen molar-refractivity contribution in [1.29, 1.82) is 0 Å². The van der Waals surface area contributed by atoms with Gasteiger partial charge in [0.25, 0.3) is 0 Å². The highest BCUT2D eigenvalue weighted by Crippen LogP contribution is 2.19. The third kappa shape index (κ3) is 3.77. The monoisotopic (exact) mass is 275 g/mol. The van der Waals surface area contributed by atoms with Crippen LogP contribution >= 0.6 is 27.3 Å². The summed E-state index contributed by atoms with van der Waals surface area (Å²) in [7, 11) is 3.99. The molecule has 14 heavy (non-hydrogen) atoms. The van der Waals surface area contributed by atoms with E-state index in [9.17, 15) is 0 Å². The van der Waals surface area contributed by atoms with Gasteiger partial charge in [0.15, 0.2) is 5.13 Å². The Labute approximate surface area is 97.0 Å². The first-order valence-electron chi connectivity index (χ1n) is 4.25. The molecular weight excluding hydrogens is 262 g/mol. The van der Waals surface area contributed by atoms with Crippen molar-refractivity contribution < 1.29 is 0 Å². The molecular formula is C9H14BrN3S. The molecule has 0 bridgehead atoms. The zero-order valence-electron chi connectivity index (χ0n) is 8.38. The number of thiazole rings is 1. The number of rotatable bonds is 5. The molecule has 0 fully saturated rings. The molecule has 0 saturated heterocycles. The Morgan fingerprint density at radius 1 is 1.71 bits per heavy atom. The van der Waals surface area contributed by atoms with Crippen LogP contribution in [0.3, 0.4) is 0 Å². The standard InChI is InChI=1S/C9H14BrN3S/c1-7(10)4-11-5-8-6-12-9(14-8)13(2)3/h6,11H,1,4-5H2,2-3H3. The first kappa shape index (κ1) is 11.7. The fraction of sp³-hybridized carbons (Fsp3) is 0.444. The Morgan fingerprint density at radius 3 is 2.93 bits per heavy atom. The second kappa shape index (κ2) is 5.48. The van der Waals surface area contributed by atoms with Crippen molar-refractivity contribution in [3.8, 4) is 0 Å². The number of nitrogens with zero attached hydrogens (tertiary/aromatic N) is 2. The maximum absolute atomic E-state index is 4.28. The lowest BCUT2D eigenvalue weighted by Crippen LogP contribution is -2.13. The summed E-state index contributed by atoms with van der Waals surface area (Å²) in [5.74, 6) is 0. The lowest BCUT2D eigenvalue weighted by molar-refractivity contribution is 0.766. The molecule has 1 aromatic rings. The van der Waals surface area contributed by atoms with Crippen molar-refractivity contribution in [2.75, 3.05) is 25.5 Å². The van der Waals surface area contributed by atoms with Crippen LogP contribution in [-0.2, 0) is 6.54 Å². The van der Waals surface area contributed by atoms with E-state index in [1.807, 2.05) is 25.2 Å². The topological polar surface area (TPSA) is 28.2 Å². The minimum Gasteiger partial charge on any atom is -0.354 e. The van der Waals surface area contributed by atoms with E-state index < -0.39 is 0 Å². The van der Waals surface area contributed by atoms with Gasteiger partial charge in [0, 0.05) is 42.7 Å². The van der Waals surface area contributed by atoms with E-state index in [-0.39, 0.29) is 0 Å². The molecule has 5 heteroatoms. The summed E-state index contributed by atoms with van der Waals surface area (Å²) >= 11 is 5.00. The zero-order chi connectivity index (χ0) is 10.6. The molecule has 0 radical (unpaired) electrons. The summed E-state index contributed by atoms with van der Waals surface area (Å²) in [6.45, 7) is 5.38. The quantitative estimate of drug-likeness (QED) is 0.893. The maximum Gasteiger partial charge on any atom is 0.185 e. The van der Waals surface area contributed by atoms with Crippen LogP contribution < -0.4 is 10.2 Å². The van der Waals surface area contributed by atoms with Crippen molar-refractivity contribution in [2.45, 2.75) is 6.54 Å². The van der Waals surface area contributed by atoms with Crippen LogP contribution in [0.5, 0.6) is 0 Å². The highest BCUT2D eigenvalue weighted by molar-refractivity contribution is 9.11. The fourth-order valence-electron chi connectivity index (χ4n) is 0.907. The van der Waals surface area contributed by atoms with Gasteiger partial charge in [-0.15, -0.1) is 11.3 Å². The van der Waals surface area contributed by atoms with Gasteiger partial charge >= 0.3 is 0 Å². The lowest BCUT2D eigenvalue weighted by atomic mass is 10.5. The molecule has 0 aliphatic rings. The van der Waals surface area contributed by atoms with E-state index >= 15 is 0 Å². The molecule has 0 aliphatic heterocycles. The van der Waals surface area contributed by atoms with Crippen molar-refractivity contribution in [2.24, 2.45) is 0 Å². The van der Waals surface area contributed by atoms with E-state index in [4.69, 9.17) is 0 Å². The average molecular weight is 276 g/mol. The highest BCUT2D eigenvalue weighted by Gasteiger charge is 2.02. The summed E-state index contributed by atoms with van der Waals surface area (Å²) < 4.78 is 0.967. The first-order valence-corrected chi connectivity index (χ1v) is 5.86.